The molecule has 0 aliphatic heterocycles. The molecule has 0 aliphatic rings. The summed E-state index contributed by atoms with van der Waals surface area (Å²) in [6.07, 6.45) is 6.31. The number of rotatable bonds is 5. The minimum Gasteiger partial charge on any atom is -0.260 e. The Bertz CT molecular complexity index is 502. The Morgan fingerprint density at radius 1 is 1.24 bits per heavy atom. The molecule has 0 bridgehead atoms. The number of aliphatic imine (C=N–C) groups is 1. The van der Waals surface area contributed by atoms with Gasteiger partial charge in [-0.15, -0.1) is 0 Å². The fraction of sp³-hybridized carbons (Fsp3) is 0.412. The Morgan fingerprint density at radius 3 is 2.43 bits per heavy atom. The molecule has 0 saturated carbocycles. The Balaban J connectivity index is 0.00000191. The van der Waals surface area contributed by atoms with Gasteiger partial charge in [-0.3, -0.25) is 4.99 Å². The first-order valence-electron chi connectivity index (χ1n) is 7.43. The van der Waals surface area contributed by atoms with Gasteiger partial charge in [-0.2, -0.15) is 10.2 Å². The van der Waals surface area contributed by atoms with Crippen molar-refractivity contribution in [2.45, 2.75) is 48.0 Å². The third-order valence-corrected chi connectivity index (χ3v) is 2.76. The molecule has 0 aromatic heterocycles. The van der Waals surface area contributed by atoms with Crippen molar-refractivity contribution in [2.75, 3.05) is 5.12 Å². The number of anilines is 1. The summed E-state index contributed by atoms with van der Waals surface area (Å²) in [5.41, 5.74) is 4.10. The van der Waals surface area contributed by atoms with Crippen LogP contribution in [0.4, 0.5) is 5.69 Å². The number of hydrogen-bond acceptors (Lipinski definition) is 4. The summed E-state index contributed by atoms with van der Waals surface area (Å²) in [6.45, 7) is 12.1. The zero-order chi connectivity index (χ0) is 16.3. The average Bonchev–Trinajstić information content (AvgIpc) is 2.50. The number of benzene rings is 1. The van der Waals surface area contributed by atoms with Gasteiger partial charge in [-0.25, -0.2) is 5.84 Å². The number of hydrazine groups is 1. The molecule has 0 fully saturated rings. The molecule has 1 aromatic carbocycles. The molecule has 1 rings (SSSR count). The summed E-state index contributed by atoms with van der Waals surface area (Å²) >= 11 is 0. The Hall–Kier alpha value is -1.94. The standard InChI is InChI=1S/C15H22N4.C2H6/c1-5-7-14(17-6-2)11-18-19(16)15-9-8-12(3)13(4)10-15;1-2/h6-11H,5,16H2,1-4H3;1-2H3/b14-7-,17-6?,18-11+;. The van der Waals surface area contributed by atoms with Crippen molar-refractivity contribution in [3.05, 3.63) is 41.1 Å². The molecule has 0 heterocycles. The predicted molar refractivity (Wildman–Crippen MR) is 95.0 cm³/mol. The molecule has 116 valence electrons. The van der Waals surface area contributed by atoms with Gasteiger partial charge in [0.15, 0.2) is 0 Å². The van der Waals surface area contributed by atoms with Crippen LogP contribution in [0.5, 0.6) is 0 Å². The van der Waals surface area contributed by atoms with E-state index in [1.807, 2.05) is 45.0 Å². The van der Waals surface area contributed by atoms with Gasteiger partial charge in [0, 0.05) is 6.21 Å². The molecular weight excluding hydrogens is 260 g/mol. The molecule has 0 saturated heterocycles. The molecule has 0 aliphatic carbocycles. The van der Waals surface area contributed by atoms with Crippen LogP contribution in [-0.2, 0) is 0 Å². The quantitative estimate of drug-likeness (QED) is 0.496. The molecule has 0 spiro atoms. The molecule has 0 atom stereocenters. The van der Waals surface area contributed by atoms with E-state index >= 15 is 0 Å². The summed E-state index contributed by atoms with van der Waals surface area (Å²) in [5.74, 6) is 5.91. The van der Waals surface area contributed by atoms with E-state index in [1.54, 1.807) is 12.4 Å². The van der Waals surface area contributed by atoms with Gasteiger partial charge in [-0.05, 0) is 50.5 Å². The molecule has 0 amide bonds. The molecule has 4 nitrogen and oxygen atoms in total. The van der Waals surface area contributed by atoms with Gasteiger partial charge >= 0.3 is 0 Å². The van der Waals surface area contributed by atoms with Crippen LogP contribution in [0, 0.1) is 13.8 Å². The molecule has 2 N–H and O–H groups in total. The lowest BCUT2D eigenvalue weighted by molar-refractivity contribution is 0.927. The van der Waals surface area contributed by atoms with Gasteiger partial charge in [0.05, 0.1) is 17.6 Å². The van der Waals surface area contributed by atoms with E-state index in [0.717, 1.165) is 17.8 Å². The highest BCUT2D eigenvalue weighted by Gasteiger charge is 2.01. The van der Waals surface area contributed by atoms with Crippen molar-refractivity contribution >= 4 is 18.1 Å². The monoisotopic (exact) mass is 288 g/mol. The molecule has 4 heteroatoms. The van der Waals surface area contributed by atoms with E-state index in [1.165, 1.54) is 16.2 Å². The number of hydrazone groups is 1. The summed E-state index contributed by atoms with van der Waals surface area (Å²) in [6, 6.07) is 6.00. The number of aryl methyl sites for hydroxylation is 2. The number of nitrogens with zero attached hydrogens (tertiary/aromatic N) is 3. The summed E-state index contributed by atoms with van der Waals surface area (Å²) in [7, 11) is 0. The van der Waals surface area contributed by atoms with Crippen molar-refractivity contribution in [3.63, 3.8) is 0 Å². The molecule has 21 heavy (non-hydrogen) atoms. The smallest absolute Gasteiger partial charge is 0.0786 e. The molecule has 1 aromatic rings. The Labute approximate surface area is 129 Å². The second-order valence-electron chi connectivity index (χ2n) is 4.28. The lowest BCUT2D eigenvalue weighted by Gasteiger charge is -2.13. The second kappa shape index (κ2) is 10.8. The SMILES string of the molecule is CC.CC=NC(=C\CC)/C=N/N(N)c1ccc(C)c(C)c1. The number of hydrogen-bond donors (Lipinski definition) is 1. The van der Waals surface area contributed by atoms with Crippen molar-refractivity contribution < 1.29 is 0 Å². The van der Waals surface area contributed by atoms with Gasteiger partial charge < -0.3 is 0 Å². The molecule has 0 unspecified atom stereocenters. The van der Waals surface area contributed by atoms with E-state index in [-0.39, 0.29) is 0 Å². The first kappa shape index (κ1) is 19.1. The van der Waals surface area contributed by atoms with Crippen LogP contribution in [0.25, 0.3) is 0 Å². The first-order valence-corrected chi connectivity index (χ1v) is 7.43. The van der Waals surface area contributed by atoms with Crippen LogP contribution in [0.3, 0.4) is 0 Å². The van der Waals surface area contributed by atoms with Crippen LogP contribution in [0.1, 0.15) is 45.2 Å². The maximum absolute atomic E-state index is 5.91. The van der Waals surface area contributed by atoms with E-state index in [0.29, 0.717) is 0 Å². The zero-order valence-corrected chi connectivity index (χ0v) is 14.1. The number of allylic oxidation sites excluding steroid dienone is 2. The first-order chi connectivity index (χ1) is 10.1. The van der Waals surface area contributed by atoms with Gasteiger partial charge in [0.25, 0.3) is 0 Å². The van der Waals surface area contributed by atoms with Crippen LogP contribution >= 0.6 is 0 Å². The molecule has 0 radical (unpaired) electrons. The summed E-state index contributed by atoms with van der Waals surface area (Å²) in [5, 5.41) is 5.57. The van der Waals surface area contributed by atoms with Crippen molar-refractivity contribution in [2.24, 2.45) is 15.9 Å². The van der Waals surface area contributed by atoms with Crippen LogP contribution in [-0.4, -0.2) is 12.4 Å². The Kier molecular flexibility index (Phi) is 9.80. The third-order valence-electron chi connectivity index (χ3n) is 2.76. The highest BCUT2D eigenvalue weighted by Crippen LogP contribution is 2.16. The fourth-order valence-corrected chi connectivity index (χ4v) is 1.55. The lowest BCUT2D eigenvalue weighted by atomic mass is 10.1. The summed E-state index contributed by atoms with van der Waals surface area (Å²) < 4.78 is 0. The van der Waals surface area contributed by atoms with Crippen LogP contribution in [0.2, 0.25) is 0 Å². The normalized spacial score (nSPS) is 11.7. The van der Waals surface area contributed by atoms with Crippen molar-refractivity contribution in [1.29, 1.82) is 0 Å². The summed E-state index contributed by atoms with van der Waals surface area (Å²) in [4.78, 5) is 4.22. The van der Waals surface area contributed by atoms with Gasteiger partial charge in [0.1, 0.15) is 0 Å². The zero-order valence-electron chi connectivity index (χ0n) is 14.1. The minimum atomic E-state index is 0.810. The second-order valence-corrected chi connectivity index (χ2v) is 4.28. The maximum atomic E-state index is 5.91. The van der Waals surface area contributed by atoms with Crippen LogP contribution < -0.4 is 11.0 Å². The number of nitrogens with two attached hydrogens (primary N) is 1. The van der Waals surface area contributed by atoms with E-state index < -0.39 is 0 Å². The topological polar surface area (TPSA) is 54.0 Å². The van der Waals surface area contributed by atoms with E-state index in [4.69, 9.17) is 5.84 Å². The van der Waals surface area contributed by atoms with Crippen LogP contribution in [0.15, 0.2) is 40.1 Å². The fourth-order valence-electron chi connectivity index (χ4n) is 1.55. The highest BCUT2D eigenvalue weighted by molar-refractivity contribution is 5.81. The molecular formula is C17H28N4. The lowest BCUT2D eigenvalue weighted by Crippen LogP contribution is -2.24. The van der Waals surface area contributed by atoms with Gasteiger partial charge in [0.2, 0.25) is 0 Å². The Morgan fingerprint density at radius 2 is 1.90 bits per heavy atom. The van der Waals surface area contributed by atoms with E-state index in [9.17, 15) is 0 Å². The third kappa shape index (κ3) is 6.86. The highest BCUT2D eigenvalue weighted by atomic mass is 15.6. The average molecular weight is 288 g/mol. The maximum Gasteiger partial charge on any atom is 0.0786 e. The van der Waals surface area contributed by atoms with Crippen molar-refractivity contribution in [1.82, 2.24) is 0 Å². The van der Waals surface area contributed by atoms with Gasteiger partial charge in [-0.1, -0.05) is 32.9 Å². The van der Waals surface area contributed by atoms with Crippen molar-refractivity contribution in [3.8, 4) is 0 Å². The largest absolute Gasteiger partial charge is 0.260 e. The van der Waals surface area contributed by atoms with E-state index in [2.05, 4.69) is 30.9 Å². The minimum absolute atomic E-state index is 0.810. The predicted octanol–water partition coefficient (Wildman–Crippen LogP) is 4.38.